The number of carbonyl (C=O) groups excluding carboxylic acids is 2. The fraction of sp³-hybridized carbons (Fsp3) is 0.429. The molecule has 0 aliphatic rings. The molecular weight excluding hydrogens is 310 g/mol. The fourth-order valence-electron chi connectivity index (χ4n) is 1.76. The van der Waals surface area contributed by atoms with Gasteiger partial charge in [0.2, 0.25) is 5.91 Å². The van der Waals surface area contributed by atoms with Crippen LogP contribution >= 0.6 is 15.9 Å². The minimum absolute atomic E-state index is 0.114. The zero-order valence-electron chi connectivity index (χ0n) is 11.1. The average Bonchev–Trinajstić information content (AvgIpc) is 2.35. The summed E-state index contributed by atoms with van der Waals surface area (Å²) in [5.41, 5.74) is 0.975. The number of esters is 1. The van der Waals surface area contributed by atoms with Gasteiger partial charge in [0, 0.05) is 17.8 Å². The van der Waals surface area contributed by atoms with Gasteiger partial charge in [-0.1, -0.05) is 28.1 Å². The summed E-state index contributed by atoms with van der Waals surface area (Å²) < 4.78 is 5.87. The molecule has 0 aromatic heterocycles. The number of rotatable bonds is 6. The third-order valence-corrected chi connectivity index (χ3v) is 3.12. The lowest BCUT2D eigenvalue weighted by Gasteiger charge is -2.18. The van der Waals surface area contributed by atoms with Gasteiger partial charge in [0.25, 0.3) is 0 Å². The highest BCUT2D eigenvalue weighted by Gasteiger charge is 2.15. The van der Waals surface area contributed by atoms with Gasteiger partial charge in [0.1, 0.15) is 0 Å². The Morgan fingerprint density at radius 3 is 2.47 bits per heavy atom. The summed E-state index contributed by atoms with van der Waals surface area (Å²) in [5, 5.41) is 2.85. The van der Waals surface area contributed by atoms with E-state index < -0.39 is 0 Å². The lowest BCUT2D eigenvalue weighted by Crippen LogP contribution is -2.26. The molecule has 1 atom stereocenters. The zero-order chi connectivity index (χ0) is 14.3. The molecule has 1 unspecified atom stereocenters. The number of amides is 1. The smallest absolute Gasteiger partial charge is 0.305 e. The van der Waals surface area contributed by atoms with Crippen molar-refractivity contribution in [2.24, 2.45) is 0 Å². The first-order valence-corrected chi connectivity index (χ1v) is 7.00. The van der Waals surface area contributed by atoms with E-state index in [1.165, 1.54) is 6.92 Å². The van der Waals surface area contributed by atoms with Crippen molar-refractivity contribution >= 4 is 27.8 Å². The Morgan fingerprint density at radius 2 is 1.95 bits per heavy atom. The van der Waals surface area contributed by atoms with Crippen molar-refractivity contribution in [2.45, 2.75) is 32.7 Å². The Kier molecular flexibility index (Phi) is 6.56. The maximum Gasteiger partial charge on any atom is 0.305 e. The Hall–Kier alpha value is -1.36. The van der Waals surface area contributed by atoms with Crippen molar-refractivity contribution in [3.63, 3.8) is 0 Å². The van der Waals surface area contributed by atoms with E-state index >= 15 is 0 Å². The van der Waals surface area contributed by atoms with E-state index in [1.807, 2.05) is 24.3 Å². The molecule has 104 valence electrons. The summed E-state index contributed by atoms with van der Waals surface area (Å²) in [7, 11) is 0. The Bertz CT molecular complexity index is 431. The molecule has 5 heteroatoms. The van der Waals surface area contributed by atoms with E-state index in [9.17, 15) is 9.59 Å². The summed E-state index contributed by atoms with van der Waals surface area (Å²) in [6, 6.07) is 7.50. The second-order valence-electron chi connectivity index (χ2n) is 4.15. The summed E-state index contributed by atoms with van der Waals surface area (Å²) in [4.78, 5) is 22.6. The third-order valence-electron chi connectivity index (χ3n) is 2.59. The van der Waals surface area contributed by atoms with Crippen molar-refractivity contribution in [3.8, 4) is 0 Å². The van der Waals surface area contributed by atoms with Crippen molar-refractivity contribution in [1.82, 2.24) is 5.32 Å². The zero-order valence-corrected chi connectivity index (χ0v) is 12.7. The van der Waals surface area contributed by atoms with Crippen molar-refractivity contribution in [2.75, 3.05) is 6.61 Å². The number of benzene rings is 1. The van der Waals surface area contributed by atoms with Gasteiger partial charge >= 0.3 is 5.97 Å². The van der Waals surface area contributed by atoms with Crippen LogP contribution in [0.4, 0.5) is 0 Å². The molecule has 0 saturated heterocycles. The van der Waals surface area contributed by atoms with Crippen LogP contribution in [0.2, 0.25) is 0 Å². The Labute approximate surface area is 121 Å². The minimum Gasteiger partial charge on any atom is -0.466 e. The normalized spacial score (nSPS) is 11.7. The molecule has 1 N–H and O–H groups in total. The largest absolute Gasteiger partial charge is 0.466 e. The van der Waals surface area contributed by atoms with Crippen molar-refractivity contribution < 1.29 is 14.3 Å². The molecule has 1 amide bonds. The van der Waals surface area contributed by atoms with E-state index in [4.69, 9.17) is 4.74 Å². The number of hydrogen-bond acceptors (Lipinski definition) is 3. The van der Waals surface area contributed by atoms with Gasteiger partial charge in [-0.05, 0) is 31.0 Å². The summed E-state index contributed by atoms with van der Waals surface area (Å²) in [6.07, 6.45) is 0.814. The van der Waals surface area contributed by atoms with Crippen LogP contribution in [-0.4, -0.2) is 18.5 Å². The molecule has 0 aliphatic heterocycles. The van der Waals surface area contributed by atoms with E-state index in [2.05, 4.69) is 21.2 Å². The summed E-state index contributed by atoms with van der Waals surface area (Å²) >= 11 is 3.37. The maximum atomic E-state index is 11.4. The van der Waals surface area contributed by atoms with Crippen LogP contribution in [0.3, 0.4) is 0 Å². The van der Waals surface area contributed by atoms with E-state index in [0.717, 1.165) is 10.0 Å². The molecule has 0 aliphatic carbocycles. The molecule has 19 heavy (non-hydrogen) atoms. The molecule has 0 radical (unpaired) electrons. The van der Waals surface area contributed by atoms with Gasteiger partial charge in [0.05, 0.1) is 12.6 Å². The molecule has 0 spiro atoms. The van der Waals surface area contributed by atoms with Crippen molar-refractivity contribution in [1.29, 1.82) is 0 Å². The number of ether oxygens (including phenoxy) is 1. The predicted octanol–water partition coefficient (Wildman–Crippen LogP) is 2.97. The van der Waals surface area contributed by atoms with E-state index in [-0.39, 0.29) is 24.3 Å². The van der Waals surface area contributed by atoms with Crippen LogP contribution in [0.5, 0.6) is 0 Å². The molecule has 4 nitrogen and oxygen atoms in total. The van der Waals surface area contributed by atoms with Crippen LogP contribution in [-0.2, 0) is 14.3 Å². The highest BCUT2D eigenvalue weighted by Crippen LogP contribution is 2.21. The van der Waals surface area contributed by atoms with Gasteiger partial charge in [0.15, 0.2) is 0 Å². The monoisotopic (exact) mass is 327 g/mol. The van der Waals surface area contributed by atoms with E-state index in [0.29, 0.717) is 13.0 Å². The van der Waals surface area contributed by atoms with Gasteiger partial charge in [-0.25, -0.2) is 0 Å². The van der Waals surface area contributed by atoms with Gasteiger partial charge in [-0.2, -0.15) is 0 Å². The quantitative estimate of drug-likeness (QED) is 0.817. The molecule has 0 bridgehead atoms. The molecule has 0 heterocycles. The summed E-state index contributed by atoms with van der Waals surface area (Å²) in [6.45, 7) is 3.62. The second kappa shape index (κ2) is 7.94. The molecule has 0 saturated carbocycles. The maximum absolute atomic E-state index is 11.4. The van der Waals surface area contributed by atoms with Crippen LogP contribution < -0.4 is 5.32 Å². The molecular formula is C14H18BrNO3. The van der Waals surface area contributed by atoms with Crippen LogP contribution in [0.15, 0.2) is 28.7 Å². The van der Waals surface area contributed by atoms with E-state index in [1.54, 1.807) is 6.92 Å². The topological polar surface area (TPSA) is 55.4 Å². The lowest BCUT2D eigenvalue weighted by atomic mass is 10.0. The van der Waals surface area contributed by atoms with Crippen LogP contribution in [0.1, 0.15) is 38.3 Å². The molecule has 1 aromatic rings. The molecule has 1 aromatic carbocycles. The highest BCUT2D eigenvalue weighted by molar-refractivity contribution is 9.10. The third kappa shape index (κ3) is 5.87. The fourth-order valence-corrected chi connectivity index (χ4v) is 2.02. The van der Waals surface area contributed by atoms with Gasteiger partial charge in [-0.15, -0.1) is 0 Å². The van der Waals surface area contributed by atoms with Crippen LogP contribution in [0.25, 0.3) is 0 Å². The second-order valence-corrected chi connectivity index (χ2v) is 5.06. The SMILES string of the molecule is CCOC(=O)CCC(NC(C)=O)c1ccc(Br)cc1. The number of halogens is 1. The standard InChI is InChI=1S/C14H18BrNO3/c1-3-19-14(18)9-8-13(16-10(2)17)11-4-6-12(15)7-5-11/h4-7,13H,3,8-9H2,1-2H3,(H,16,17). The van der Waals surface area contributed by atoms with Gasteiger partial charge < -0.3 is 10.1 Å². The first-order valence-electron chi connectivity index (χ1n) is 6.21. The lowest BCUT2D eigenvalue weighted by molar-refractivity contribution is -0.143. The summed E-state index contributed by atoms with van der Waals surface area (Å²) in [5.74, 6) is -0.355. The number of carbonyl (C=O) groups is 2. The van der Waals surface area contributed by atoms with Crippen LogP contribution in [0, 0.1) is 0 Å². The average molecular weight is 328 g/mol. The first-order chi connectivity index (χ1) is 9.02. The minimum atomic E-state index is -0.241. The van der Waals surface area contributed by atoms with Crippen molar-refractivity contribution in [3.05, 3.63) is 34.3 Å². The highest BCUT2D eigenvalue weighted by atomic mass is 79.9. The molecule has 0 fully saturated rings. The number of hydrogen-bond donors (Lipinski definition) is 1. The first kappa shape index (κ1) is 15.7. The predicted molar refractivity (Wildman–Crippen MR) is 76.6 cm³/mol. The Balaban J connectivity index is 2.69. The Morgan fingerprint density at radius 1 is 1.32 bits per heavy atom. The molecule has 1 rings (SSSR count). The van der Waals surface area contributed by atoms with Gasteiger partial charge in [-0.3, -0.25) is 9.59 Å². The number of nitrogens with one attached hydrogen (secondary N) is 1.